The number of para-hydroxylation sites is 1. The number of pyridine rings is 1. The van der Waals surface area contributed by atoms with Gasteiger partial charge in [0.1, 0.15) is 10.8 Å². The van der Waals surface area contributed by atoms with Crippen molar-refractivity contribution in [1.82, 2.24) is 15.0 Å². The van der Waals surface area contributed by atoms with Gasteiger partial charge in [0.25, 0.3) is 0 Å². The van der Waals surface area contributed by atoms with Crippen molar-refractivity contribution in [2.24, 2.45) is 0 Å². The lowest BCUT2D eigenvalue weighted by Gasteiger charge is -2.24. The number of carbonyl (C=O) groups is 1. The molecule has 3 heterocycles. The van der Waals surface area contributed by atoms with Crippen molar-refractivity contribution in [3.05, 3.63) is 88.5 Å². The molecule has 2 aromatic heterocycles. The van der Waals surface area contributed by atoms with E-state index in [1.165, 1.54) is 17.8 Å². The highest BCUT2D eigenvalue weighted by molar-refractivity contribution is 8.00. The van der Waals surface area contributed by atoms with Crippen molar-refractivity contribution in [3.8, 4) is 23.0 Å². The Labute approximate surface area is 211 Å². The van der Waals surface area contributed by atoms with Crippen LogP contribution in [-0.2, 0) is 17.8 Å². The van der Waals surface area contributed by atoms with Crippen LogP contribution in [0.2, 0.25) is 0 Å². The van der Waals surface area contributed by atoms with Gasteiger partial charge >= 0.3 is 0 Å². The van der Waals surface area contributed by atoms with E-state index < -0.39 is 5.82 Å². The number of anilines is 1. The minimum absolute atomic E-state index is 0.0869. The van der Waals surface area contributed by atoms with Crippen molar-refractivity contribution < 1.29 is 19.0 Å². The standard InChI is InChI=1S/C27H23FN4O3S/c1-15-7-3-6-10-22(15)30-23(34)14-36-27-20-11-19-17(13-33)12-29-16(2)24(19)35-26(20)31-25(32-27)18-8-4-5-9-21(18)28/h3-10,12,33H,11,13-14H2,1-2H3,(H,30,34). The average Bonchev–Trinajstić information content (AvgIpc) is 2.88. The van der Waals surface area contributed by atoms with Gasteiger partial charge in [-0.3, -0.25) is 9.78 Å². The summed E-state index contributed by atoms with van der Waals surface area (Å²) in [6.07, 6.45) is 2.02. The Morgan fingerprint density at radius 2 is 1.89 bits per heavy atom. The number of amides is 1. The van der Waals surface area contributed by atoms with Crippen LogP contribution in [0.3, 0.4) is 0 Å². The highest BCUT2D eigenvalue weighted by atomic mass is 32.2. The molecule has 0 fully saturated rings. The molecule has 9 heteroatoms. The molecular formula is C27H23FN4O3S. The summed E-state index contributed by atoms with van der Waals surface area (Å²) in [4.78, 5) is 26.2. The average molecular weight is 503 g/mol. The molecule has 7 nitrogen and oxygen atoms in total. The van der Waals surface area contributed by atoms with Crippen LogP contribution in [0.25, 0.3) is 11.4 Å². The van der Waals surface area contributed by atoms with E-state index in [2.05, 4.69) is 20.3 Å². The molecule has 1 amide bonds. The van der Waals surface area contributed by atoms with Crippen LogP contribution in [0.4, 0.5) is 10.1 Å². The number of hydrogen-bond acceptors (Lipinski definition) is 7. The van der Waals surface area contributed by atoms with Gasteiger partial charge in [0.05, 0.1) is 29.2 Å². The van der Waals surface area contributed by atoms with Crippen LogP contribution in [0.15, 0.2) is 59.8 Å². The number of nitrogens with zero attached hydrogens (tertiary/aromatic N) is 3. The second kappa shape index (κ2) is 10.0. The van der Waals surface area contributed by atoms with Gasteiger partial charge in [-0.05, 0) is 37.6 Å². The van der Waals surface area contributed by atoms with Crippen molar-refractivity contribution in [3.63, 3.8) is 0 Å². The summed E-state index contributed by atoms with van der Waals surface area (Å²) in [6.45, 7) is 3.55. The third kappa shape index (κ3) is 4.67. The minimum atomic E-state index is -0.456. The van der Waals surface area contributed by atoms with Gasteiger partial charge in [-0.25, -0.2) is 9.37 Å². The molecular weight excluding hydrogens is 479 g/mol. The molecule has 0 aliphatic carbocycles. The van der Waals surface area contributed by atoms with Crippen molar-refractivity contribution in [2.75, 3.05) is 11.1 Å². The lowest BCUT2D eigenvalue weighted by molar-refractivity contribution is -0.113. The molecule has 1 aliphatic rings. The Morgan fingerprint density at radius 3 is 2.67 bits per heavy atom. The molecule has 0 saturated heterocycles. The number of fused-ring (bicyclic) bond motifs is 2. The maximum absolute atomic E-state index is 14.6. The number of benzene rings is 2. The molecule has 2 N–H and O–H groups in total. The number of thioether (sulfide) groups is 1. The first-order valence-electron chi connectivity index (χ1n) is 11.3. The molecule has 36 heavy (non-hydrogen) atoms. The molecule has 5 rings (SSSR count). The Hall–Kier alpha value is -3.82. The van der Waals surface area contributed by atoms with Gasteiger partial charge in [-0.15, -0.1) is 0 Å². The SMILES string of the molecule is Cc1ccccc1NC(=O)CSc1nc(-c2ccccc2F)nc2c1Cc1c(CO)cnc(C)c1O2. The molecule has 1 aliphatic heterocycles. The van der Waals surface area contributed by atoms with Crippen LogP contribution >= 0.6 is 11.8 Å². The third-order valence-corrected chi connectivity index (χ3v) is 6.95. The molecule has 0 unspecified atom stereocenters. The lowest BCUT2D eigenvalue weighted by Crippen LogP contribution is -2.16. The van der Waals surface area contributed by atoms with Gasteiger partial charge in [0.15, 0.2) is 11.6 Å². The van der Waals surface area contributed by atoms with Crippen molar-refractivity contribution >= 4 is 23.4 Å². The number of nitrogens with one attached hydrogen (secondary N) is 1. The first-order chi connectivity index (χ1) is 17.4. The molecule has 4 aromatic rings. The zero-order valence-electron chi connectivity index (χ0n) is 19.7. The van der Waals surface area contributed by atoms with Crippen molar-refractivity contribution in [2.45, 2.75) is 31.9 Å². The van der Waals surface area contributed by atoms with E-state index in [4.69, 9.17) is 4.74 Å². The quantitative estimate of drug-likeness (QED) is 0.243. The van der Waals surface area contributed by atoms with Gasteiger partial charge in [-0.1, -0.05) is 42.1 Å². The molecule has 2 aromatic carbocycles. The van der Waals surface area contributed by atoms with Gasteiger partial charge in [-0.2, -0.15) is 4.98 Å². The lowest BCUT2D eigenvalue weighted by atomic mass is 9.99. The Morgan fingerprint density at radius 1 is 1.11 bits per heavy atom. The number of hydrogen-bond donors (Lipinski definition) is 2. The predicted octanol–water partition coefficient (Wildman–Crippen LogP) is 5.21. The molecule has 0 radical (unpaired) electrons. The Kier molecular flexibility index (Phi) is 6.67. The fraction of sp³-hybridized carbons (Fsp3) is 0.185. The van der Waals surface area contributed by atoms with E-state index in [1.807, 2.05) is 38.1 Å². The predicted molar refractivity (Wildman–Crippen MR) is 136 cm³/mol. The minimum Gasteiger partial charge on any atom is -0.436 e. The zero-order chi connectivity index (χ0) is 25.2. The van der Waals surface area contributed by atoms with E-state index >= 15 is 0 Å². The summed E-state index contributed by atoms with van der Waals surface area (Å²) in [7, 11) is 0. The van der Waals surface area contributed by atoms with E-state index in [9.17, 15) is 14.3 Å². The number of aromatic nitrogens is 3. The van der Waals surface area contributed by atoms with Crippen LogP contribution in [0.1, 0.15) is 27.9 Å². The van der Waals surface area contributed by atoms with E-state index in [0.29, 0.717) is 34.0 Å². The molecule has 0 atom stereocenters. The van der Waals surface area contributed by atoms with Crippen LogP contribution in [0, 0.1) is 19.7 Å². The maximum atomic E-state index is 14.6. The van der Waals surface area contributed by atoms with Crippen LogP contribution < -0.4 is 10.1 Å². The largest absolute Gasteiger partial charge is 0.436 e. The number of rotatable bonds is 6. The number of halogens is 1. The van der Waals surface area contributed by atoms with Gasteiger partial charge in [0, 0.05) is 29.4 Å². The topological polar surface area (TPSA) is 97.2 Å². The van der Waals surface area contributed by atoms with E-state index in [1.54, 1.807) is 24.4 Å². The Bertz CT molecular complexity index is 1480. The fourth-order valence-electron chi connectivity index (χ4n) is 4.01. The van der Waals surface area contributed by atoms with Gasteiger partial charge in [0.2, 0.25) is 11.8 Å². The number of ether oxygens (including phenoxy) is 1. The number of aliphatic hydroxyl groups is 1. The number of aliphatic hydroxyl groups excluding tert-OH is 1. The van der Waals surface area contributed by atoms with E-state index in [0.717, 1.165) is 16.8 Å². The smallest absolute Gasteiger partial charge is 0.234 e. The fourth-order valence-corrected chi connectivity index (χ4v) is 4.83. The monoisotopic (exact) mass is 502 g/mol. The highest BCUT2D eigenvalue weighted by Gasteiger charge is 2.28. The second-order valence-electron chi connectivity index (χ2n) is 8.38. The van der Waals surface area contributed by atoms with Crippen LogP contribution in [0.5, 0.6) is 11.6 Å². The van der Waals surface area contributed by atoms with Crippen molar-refractivity contribution in [1.29, 1.82) is 0 Å². The molecule has 0 spiro atoms. The molecule has 0 saturated carbocycles. The number of aryl methyl sites for hydroxylation is 2. The Balaban J connectivity index is 1.51. The zero-order valence-corrected chi connectivity index (χ0v) is 20.5. The maximum Gasteiger partial charge on any atom is 0.234 e. The summed E-state index contributed by atoms with van der Waals surface area (Å²) in [5, 5.41) is 13.3. The highest BCUT2D eigenvalue weighted by Crippen LogP contribution is 2.42. The summed E-state index contributed by atoms with van der Waals surface area (Å²) in [5.41, 5.74) is 4.72. The molecule has 182 valence electrons. The van der Waals surface area contributed by atoms with E-state index in [-0.39, 0.29) is 35.5 Å². The van der Waals surface area contributed by atoms with Crippen LogP contribution in [-0.4, -0.2) is 31.7 Å². The molecule has 0 bridgehead atoms. The summed E-state index contributed by atoms with van der Waals surface area (Å²) in [6, 6.07) is 13.8. The summed E-state index contributed by atoms with van der Waals surface area (Å²) < 4.78 is 20.8. The normalized spacial score (nSPS) is 11.9. The number of carbonyl (C=O) groups excluding carboxylic acids is 1. The first-order valence-corrected chi connectivity index (χ1v) is 12.3. The summed E-state index contributed by atoms with van der Waals surface area (Å²) in [5.74, 6) is 0.424. The summed E-state index contributed by atoms with van der Waals surface area (Å²) >= 11 is 1.23. The van der Waals surface area contributed by atoms with Gasteiger partial charge < -0.3 is 15.2 Å². The first kappa shape index (κ1) is 23.9. The second-order valence-corrected chi connectivity index (χ2v) is 9.35. The third-order valence-electron chi connectivity index (χ3n) is 5.93.